The van der Waals surface area contributed by atoms with Crippen LogP contribution in [0.25, 0.3) is 10.9 Å². The highest BCUT2D eigenvalue weighted by molar-refractivity contribution is 6.10. The number of aryl methyl sites for hydroxylation is 1. The lowest BCUT2D eigenvalue weighted by Gasteiger charge is -2.06. The minimum Gasteiger partial charge on any atom is -0.497 e. The van der Waals surface area contributed by atoms with Crippen LogP contribution in [-0.2, 0) is 16.0 Å². The number of aromatic nitrogens is 1. The molecule has 0 amide bonds. The summed E-state index contributed by atoms with van der Waals surface area (Å²) in [6.45, 7) is 1.57. The molecule has 0 saturated carbocycles. The Hall–Kier alpha value is -3.08. The zero-order valence-electron chi connectivity index (χ0n) is 14.2. The summed E-state index contributed by atoms with van der Waals surface area (Å²) in [4.78, 5) is 27.6. The number of rotatable bonds is 6. The number of hydrogen-bond acceptors (Lipinski definition) is 4. The van der Waals surface area contributed by atoms with Crippen LogP contribution in [0, 0.1) is 6.92 Å². The highest BCUT2D eigenvalue weighted by Crippen LogP contribution is 2.22. The first-order chi connectivity index (χ1) is 12.1. The molecule has 0 bridgehead atoms. The van der Waals surface area contributed by atoms with E-state index >= 15 is 0 Å². The van der Waals surface area contributed by atoms with Crippen LogP contribution in [0.5, 0.6) is 5.75 Å². The summed E-state index contributed by atoms with van der Waals surface area (Å²) in [7, 11) is 1.58. The third-order valence-corrected chi connectivity index (χ3v) is 4.04. The van der Waals surface area contributed by atoms with E-state index in [2.05, 4.69) is 4.98 Å². The van der Waals surface area contributed by atoms with E-state index in [0.717, 1.165) is 27.9 Å². The van der Waals surface area contributed by atoms with E-state index in [4.69, 9.17) is 9.47 Å². The fourth-order valence-corrected chi connectivity index (χ4v) is 2.82. The van der Waals surface area contributed by atoms with E-state index < -0.39 is 5.97 Å². The smallest absolute Gasteiger partial charge is 0.310 e. The van der Waals surface area contributed by atoms with Gasteiger partial charge in [0.15, 0.2) is 6.61 Å². The summed E-state index contributed by atoms with van der Waals surface area (Å²) >= 11 is 0. The topological polar surface area (TPSA) is 68.4 Å². The zero-order valence-corrected chi connectivity index (χ0v) is 14.2. The fraction of sp³-hybridized carbons (Fsp3) is 0.200. The van der Waals surface area contributed by atoms with Gasteiger partial charge in [-0.05, 0) is 30.7 Å². The molecular weight excluding hydrogens is 318 g/mol. The number of nitrogens with one attached hydrogen (secondary N) is 1. The highest BCUT2D eigenvalue weighted by Gasteiger charge is 2.17. The average molecular weight is 337 g/mol. The first-order valence-electron chi connectivity index (χ1n) is 7.97. The minimum atomic E-state index is -0.434. The van der Waals surface area contributed by atoms with Crippen molar-refractivity contribution < 1.29 is 19.1 Å². The number of carbonyl (C=O) groups excluding carboxylic acids is 2. The molecule has 3 rings (SSSR count). The van der Waals surface area contributed by atoms with Gasteiger partial charge in [0.05, 0.1) is 13.5 Å². The number of Topliss-reactive ketones (excluding diaryl/α,β-unsaturated/α-hetero) is 1. The summed E-state index contributed by atoms with van der Waals surface area (Å²) in [5.41, 5.74) is 3.06. The van der Waals surface area contributed by atoms with Crippen molar-refractivity contribution in [3.8, 4) is 5.75 Å². The van der Waals surface area contributed by atoms with Gasteiger partial charge in [0.1, 0.15) is 5.75 Å². The van der Waals surface area contributed by atoms with Crippen LogP contribution < -0.4 is 4.74 Å². The molecule has 0 fully saturated rings. The Balaban J connectivity index is 1.63. The second kappa shape index (κ2) is 7.21. The maximum Gasteiger partial charge on any atom is 0.310 e. The van der Waals surface area contributed by atoms with Gasteiger partial charge in [-0.2, -0.15) is 0 Å². The number of carbonyl (C=O) groups is 2. The fourth-order valence-electron chi connectivity index (χ4n) is 2.82. The van der Waals surface area contributed by atoms with Gasteiger partial charge >= 0.3 is 5.97 Å². The number of benzene rings is 2. The van der Waals surface area contributed by atoms with Crippen LogP contribution in [0.15, 0.2) is 48.5 Å². The Kier molecular flexibility index (Phi) is 4.84. The van der Waals surface area contributed by atoms with E-state index in [1.165, 1.54) is 0 Å². The molecular formula is C20H19NO4. The molecule has 5 heteroatoms. The van der Waals surface area contributed by atoms with Crippen molar-refractivity contribution in [3.05, 3.63) is 65.4 Å². The lowest BCUT2D eigenvalue weighted by atomic mass is 10.1. The highest BCUT2D eigenvalue weighted by atomic mass is 16.5. The first kappa shape index (κ1) is 16.8. The van der Waals surface area contributed by atoms with Crippen molar-refractivity contribution in [2.45, 2.75) is 13.3 Å². The largest absolute Gasteiger partial charge is 0.497 e. The number of esters is 1. The predicted octanol–water partition coefficient (Wildman–Crippen LogP) is 3.45. The first-order valence-corrected chi connectivity index (χ1v) is 7.97. The Morgan fingerprint density at radius 2 is 1.76 bits per heavy atom. The summed E-state index contributed by atoms with van der Waals surface area (Å²) in [5, 5.41) is 0.844. The number of methoxy groups -OCH3 is 1. The number of hydrogen-bond donors (Lipinski definition) is 1. The summed E-state index contributed by atoms with van der Waals surface area (Å²) in [6.07, 6.45) is 0.115. The molecule has 0 aliphatic carbocycles. The van der Waals surface area contributed by atoms with Gasteiger partial charge in [-0.3, -0.25) is 9.59 Å². The number of para-hydroxylation sites is 1. The van der Waals surface area contributed by atoms with Crippen LogP contribution in [0.1, 0.15) is 21.6 Å². The number of ketones is 1. The molecule has 5 nitrogen and oxygen atoms in total. The lowest BCUT2D eigenvalue weighted by Crippen LogP contribution is -2.16. The average Bonchev–Trinajstić information content (AvgIpc) is 2.96. The van der Waals surface area contributed by atoms with Crippen LogP contribution in [0.4, 0.5) is 0 Å². The molecule has 1 heterocycles. The van der Waals surface area contributed by atoms with Gasteiger partial charge in [-0.15, -0.1) is 0 Å². The monoisotopic (exact) mass is 337 g/mol. The van der Waals surface area contributed by atoms with Gasteiger partial charge in [0.2, 0.25) is 5.78 Å². The van der Waals surface area contributed by atoms with Gasteiger partial charge in [0, 0.05) is 22.2 Å². The van der Waals surface area contributed by atoms with E-state index in [9.17, 15) is 9.59 Å². The summed E-state index contributed by atoms with van der Waals surface area (Å²) in [5.74, 6) is 0.0798. The molecule has 1 aromatic heterocycles. The second-order valence-electron chi connectivity index (χ2n) is 5.78. The van der Waals surface area contributed by atoms with Crippen molar-refractivity contribution >= 4 is 22.7 Å². The van der Waals surface area contributed by atoms with Crippen molar-refractivity contribution in [1.29, 1.82) is 0 Å². The molecule has 2 aromatic carbocycles. The molecule has 3 aromatic rings. The molecule has 25 heavy (non-hydrogen) atoms. The number of fused-ring (bicyclic) bond motifs is 1. The lowest BCUT2D eigenvalue weighted by molar-refractivity contribution is -0.141. The van der Waals surface area contributed by atoms with Gasteiger partial charge < -0.3 is 14.5 Å². The molecule has 0 aliphatic rings. The number of H-pyrrole nitrogens is 1. The normalized spacial score (nSPS) is 10.6. The van der Waals surface area contributed by atoms with Crippen molar-refractivity contribution in [3.63, 3.8) is 0 Å². The molecule has 0 atom stereocenters. The molecule has 0 unspecified atom stereocenters. The Bertz CT molecular complexity index is 909. The van der Waals surface area contributed by atoms with Gasteiger partial charge in [-0.1, -0.05) is 30.3 Å². The summed E-state index contributed by atoms with van der Waals surface area (Å²) < 4.78 is 10.2. The zero-order chi connectivity index (χ0) is 17.8. The molecule has 128 valence electrons. The molecule has 0 saturated heterocycles. The number of ether oxygens (including phenoxy) is 2. The van der Waals surface area contributed by atoms with E-state index in [1.807, 2.05) is 31.2 Å². The molecule has 0 aliphatic heterocycles. The van der Waals surface area contributed by atoms with Crippen LogP contribution >= 0.6 is 0 Å². The number of aromatic amines is 1. The summed E-state index contributed by atoms with van der Waals surface area (Å²) in [6, 6.07) is 14.7. The van der Waals surface area contributed by atoms with E-state index in [1.54, 1.807) is 31.4 Å². The Morgan fingerprint density at radius 3 is 2.48 bits per heavy atom. The Labute approximate surface area is 145 Å². The molecule has 1 N–H and O–H groups in total. The van der Waals surface area contributed by atoms with E-state index in [-0.39, 0.29) is 18.8 Å². The third-order valence-electron chi connectivity index (χ3n) is 4.04. The predicted molar refractivity (Wildman–Crippen MR) is 95.0 cm³/mol. The van der Waals surface area contributed by atoms with Crippen LogP contribution in [0.3, 0.4) is 0 Å². The van der Waals surface area contributed by atoms with Crippen LogP contribution in [-0.4, -0.2) is 30.5 Å². The SMILES string of the molecule is COc1ccc(CC(=O)OCC(=O)c2c(C)[nH]c3ccccc23)cc1. The maximum absolute atomic E-state index is 12.5. The second-order valence-corrected chi connectivity index (χ2v) is 5.78. The standard InChI is InChI=1S/C20H19NO4/c1-13-20(16-5-3-4-6-17(16)21-13)18(22)12-25-19(23)11-14-7-9-15(24-2)10-8-14/h3-10,21H,11-12H2,1-2H3. The quantitative estimate of drug-likeness (QED) is 0.552. The third kappa shape index (κ3) is 3.71. The van der Waals surface area contributed by atoms with E-state index in [0.29, 0.717) is 5.56 Å². The minimum absolute atomic E-state index is 0.115. The van der Waals surface area contributed by atoms with Crippen molar-refractivity contribution in [2.75, 3.05) is 13.7 Å². The van der Waals surface area contributed by atoms with Crippen LogP contribution in [0.2, 0.25) is 0 Å². The maximum atomic E-state index is 12.5. The molecule has 0 radical (unpaired) electrons. The van der Waals surface area contributed by atoms with Gasteiger partial charge in [0.25, 0.3) is 0 Å². The molecule has 0 spiro atoms. The Morgan fingerprint density at radius 1 is 1.04 bits per heavy atom. The van der Waals surface area contributed by atoms with Crippen molar-refractivity contribution in [2.24, 2.45) is 0 Å². The van der Waals surface area contributed by atoms with Crippen molar-refractivity contribution in [1.82, 2.24) is 4.98 Å². The van der Waals surface area contributed by atoms with Gasteiger partial charge in [-0.25, -0.2) is 0 Å².